The minimum absolute atomic E-state index is 0.252. The highest BCUT2D eigenvalue weighted by Gasteiger charge is 2.32. The molecule has 1 aliphatic heterocycles. The van der Waals surface area contributed by atoms with E-state index < -0.39 is 5.60 Å². The third-order valence-electron chi connectivity index (χ3n) is 2.67. The van der Waals surface area contributed by atoms with Gasteiger partial charge in [0.25, 0.3) is 0 Å². The molecule has 1 fully saturated rings. The van der Waals surface area contributed by atoms with Gasteiger partial charge in [-0.15, -0.1) is 0 Å². The average molecular weight is 228 g/mol. The normalized spacial score (nSPS) is 26.0. The van der Waals surface area contributed by atoms with Gasteiger partial charge in [-0.05, 0) is 31.9 Å². The number of β-amino-alcohol motifs (C(OH)–C–C–N with tert-alkyl or cyclic N) is 1. The van der Waals surface area contributed by atoms with Gasteiger partial charge in [0.2, 0.25) is 5.28 Å². The lowest BCUT2D eigenvalue weighted by Gasteiger charge is -2.21. The molecule has 1 unspecified atom stereocenters. The first-order valence-corrected chi connectivity index (χ1v) is 5.32. The molecule has 0 amide bonds. The number of hydrogen-bond acceptors (Lipinski definition) is 4. The Morgan fingerprint density at radius 3 is 2.93 bits per heavy atom. The fourth-order valence-corrected chi connectivity index (χ4v) is 1.99. The van der Waals surface area contributed by atoms with E-state index >= 15 is 0 Å². The molecule has 82 valence electrons. The summed E-state index contributed by atoms with van der Waals surface area (Å²) >= 11 is 5.75. The fourth-order valence-electron chi connectivity index (χ4n) is 1.86. The highest BCUT2D eigenvalue weighted by atomic mass is 35.5. The average Bonchev–Trinajstić information content (AvgIpc) is 2.50. The van der Waals surface area contributed by atoms with Gasteiger partial charge in [-0.3, -0.25) is 0 Å². The second kappa shape index (κ2) is 3.61. The molecular weight excluding hydrogens is 214 g/mol. The Morgan fingerprint density at radius 1 is 1.60 bits per heavy atom. The quantitative estimate of drug-likeness (QED) is 0.737. The Balaban J connectivity index is 2.27. The van der Waals surface area contributed by atoms with Crippen LogP contribution >= 0.6 is 11.6 Å². The topological polar surface area (TPSA) is 49.2 Å². The third kappa shape index (κ3) is 2.21. The summed E-state index contributed by atoms with van der Waals surface area (Å²) in [5, 5.41) is 10.1. The summed E-state index contributed by atoms with van der Waals surface area (Å²) in [5.74, 6) is 0.827. The van der Waals surface area contributed by atoms with Gasteiger partial charge in [0, 0.05) is 24.8 Å². The van der Waals surface area contributed by atoms with Crippen molar-refractivity contribution in [2.45, 2.75) is 25.9 Å². The fraction of sp³-hybridized carbons (Fsp3) is 0.600. The van der Waals surface area contributed by atoms with Crippen LogP contribution < -0.4 is 4.90 Å². The molecule has 4 nitrogen and oxygen atoms in total. The molecule has 0 bridgehead atoms. The summed E-state index contributed by atoms with van der Waals surface area (Å²) in [6.07, 6.45) is 2.46. The predicted molar refractivity (Wildman–Crippen MR) is 59.2 cm³/mol. The lowest BCUT2D eigenvalue weighted by Crippen LogP contribution is -2.30. The van der Waals surface area contributed by atoms with E-state index in [1.54, 1.807) is 6.20 Å². The molecule has 0 spiro atoms. The van der Waals surface area contributed by atoms with Crippen LogP contribution in [0.2, 0.25) is 5.28 Å². The summed E-state index contributed by atoms with van der Waals surface area (Å²) in [5.41, 5.74) is 0.362. The summed E-state index contributed by atoms with van der Waals surface area (Å²) in [6.45, 7) is 5.19. The van der Waals surface area contributed by atoms with Crippen LogP contribution in [0.25, 0.3) is 0 Å². The molecule has 1 aromatic heterocycles. The highest BCUT2D eigenvalue weighted by molar-refractivity contribution is 6.28. The van der Waals surface area contributed by atoms with Crippen molar-refractivity contribution in [3.8, 4) is 0 Å². The second-order valence-electron chi connectivity index (χ2n) is 4.31. The van der Waals surface area contributed by atoms with E-state index in [9.17, 15) is 5.11 Å². The summed E-state index contributed by atoms with van der Waals surface area (Å²) in [6, 6.07) is 0. The Kier molecular flexibility index (Phi) is 2.56. The standard InChI is InChI=1S/C10H14ClN3O/c1-7-5-12-9(11)13-8(7)14-4-3-10(2,15)6-14/h5,15H,3-4,6H2,1-2H3. The molecule has 1 atom stereocenters. The first kappa shape index (κ1) is 10.6. The van der Waals surface area contributed by atoms with Crippen LogP contribution in [0.5, 0.6) is 0 Å². The molecule has 15 heavy (non-hydrogen) atoms. The Labute approximate surface area is 93.9 Å². The second-order valence-corrected chi connectivity index (χ2v) is 4.65. The summed E-state index contributed by atoms with van der Waals surface area (Å²) < 4.78 is 0. The van der Waals surface area contributed by atoms with Crippen molar-refractivity contribution in [1.29, 1.82) is 0 Å². The molecular formula is C10H14ClN3O. The first-order chi connectivity index (χ1) is 6.98. The Hall–Kier alpha value is -0.870. The van der Waals surface area contributed by atoms with E-state index in [-0.39, 0.29) is 5.28 Å². The summed E-state index contributed by atoms with van der Waals surface area (Å²) in [7, 11) is 0. The van der Waals surface area contributed by atoms with Gasteiger partial charge in [-0.25, -0.2) is 9.97 Å². The zero-order valence-electron chi connectivity index (χ0n) is 8.87. The van der Waals surface area contributed by atoms with Crippen LogP contribution in [0, 0.1) is 6.92 Å². The molecule has 2 heterocycles. The molecule has 1 N–H and O–H groups in total. The van der Waals surface area contributed by atoms with E-state index in [1.807, 2.05) is 18.7 Å². The Morgan fingerprint density at radius 2 is 2.33 bits per heavy atom. The highest BCUT2D eigenvalue weighted by Crippen LogP contribution is 2.27. The monoisotopic (exact) mass is 227 g/mol. The van der Waals surface area contributed by atoms with Gasteiger partial charge < -0.3 is 10.0 Å². The molecule has 5 heteroatoms. The van der Waals surface area contributed by atoms with Crippen LogP contribution in [-0.2, 0) is 0 Å². The zero-order valence-corrected chi connectivity index (χ0v) is 9.62. The van der Waals surface area contributed by atoms with Crippen LogP contribution in [0.4, 0.5) is 5.82 Å². The molecule has 0 aliphatic carbocycles. The molecule has 1 saturated heterocycles. The number of aliphatic hydroxyl groups is 1. The minimum Gasteiger partial charge on any atom is -0.388 e. The SMILES string of the molecule is Cc1cnc(Cl)nc1N1CCC(C)(O)C1. The third-order valence-corrected chi connectivity index (χ3v) is 2.85. The molecule has 0 radical (unpaired) electrons. The number of hydrogen-bond donors (Lipinski definition) is 1. The summed E-state index contributed by atoms with van der Waals surface area (Å²) in [4.78, 5) is 10.1. The van der Waals surface area contributed by atoms with Crippen molar-refractivity contribution in [2.75, 3.05) is 18.0 Å². The Bertz CT molecular complexity index is 381. The molecule has 0 saturated carbocycles. The smallest absolute Gasteiger partial charge is 0.224 e. The molecule has 0 aromatic carbocycles. The lowest BCUT2D eigenvalue weighted by atomic mass is 10.1. The van der Waals surface area contributed by atoms with Gasteiger partial charge in [-0.2, -0.15) is 0 Å². The largest absolute Gasteiger partial charge is 0.388 e. The maximum absolute atomic E-state index is 9.87. The number of aryl methyl sites for hydroxylation is 1. The van der Waals surface area contributed by atoms with Crippen molar-refractivity contribution < 1.29 is 5.11 Å². The van der Waals surface area contributed by atoms with Crippen molar-refractivity contribution >= 4 is 17.4 Å². The van der Waals surface area contributed by atoms with Crippen LogP contribution in [0.15, 0.2) is 6.20 Å². The van der Waals surface area contributed by atoms with E-state index in [0.717, 1.165) is 24.3 Å². The van der Waals surface area contributed by atoms with Crippen LogP contribution in [-0.4, -0.2) is 33.8 Å². The van der Waals surface area contributed by atoms with Crippen molar-refractivity contribution in [2.24, 2.45) is 0 Å². The first-order valence-electron chi connectivity index (χ1n) is 4.94. The maximum atomic E-state index is 9.87. The van der Waals surface area contributed by atoms with Gasteiger partial charge in [0.1, 0.15) is 5.82 Å². The van der Waals surface area contributed by atoms with E-state index in [4.69, 9.17) is 11.6 Å². The van der Waals surface area contributed by atoms with Gasteiger partial charge >= 0.3 is 0 Å². The maximum Gasteiger partial charge on any atom is 0.224 e. The minimum atomic E-state index is -0.621. The van der Waals surface area contributed by atoms with Gasteiger partial charge in [0.05, 0.1) is 5.60 Å². The van der Waals surface area contributed by atoms with E-state index in [1.165, 1.54) is 0 Å². The molecule has 2 rings (SSSR count). The lowest BCUT2D eigenvalue weighted by molar-refractivity contribution is 0.0839. The zero-order chi connectivity index (χ0) is 11.1. The molecule has 1 aliphatic rings. The van der Waals surface area contributed by atoms with Crippen molar-refractivity contribution in [3.05, 3.63) is 17.0 Å². The predicted octanol–water partition coefficient (Wildman–Crippen LogP) is 1.40. The van der Waals surface area contributed by atoms with Gasteiger partial charge in [-0.1, -0.05) is 0 Å². The van der Waals surface area contributed by atoms with Crippen molar-refractivity contribution in [1.82, 2.24) is 9.97 Å². The number of aromatic nitrogens is 2. The van der Waals surface area contributed by atoms with E-state index in [0.29, 0.717) is 6.54 Å². The van der Waals surface area contributed by atoms with Gasteiger partial charge in [0.15, 0.2) is 0 Å². The molecule has 1 aromatic rings. The van der Waals surface area contributed by atoms with E-state index in [2.05, 4.69) is 9.97 Å². The number of anilines is 1. The number of halogens is 1. The van der Waals surface area contributed by atoms with Crippen LogP contribution in [0.3, 0.4) is 0 Å². The number of rotatable bonds is 1. The number of nitrogens with zero attached hydrogens (tertiary/aromatic N) is 3. The van der Waals surface area contributed by atoms with Crippen LogP contribution in [0.1, 0.15) is 18.9 Å². The van der Waals surface area contributed by atoms with Crippen molar-refractivity contribution in [3.63, 3.8) is 0 Å².